The third kappa shape index (κ3) is 3.92. The SMILES string of the molecule is CCC(C)C(COc1ccccc1)NC. The molecule has 1 N–H and O–H groups in total. The zero-order chi connectivity index (χ0) is 11.1. The smallest absolute Gasteiger partial charge is 0.119 e. The highest BCUT2D eigenvalue weighted by Gasteiger charge is 2.13. The van der Waals surface area contributed by atoms with E-state index in [1.165, 1.54) is 6.42 Å². The lowest BCUT2D eigenvalue weighted by atomic mass is 10.0. The number of nitrogens with one attached hydrogen (secondary N) is 1. The second-order valence-electron chi connectivity index (χ2n) is 3.90. The first kappa shape index (κ1) is 12.1. The van der Waals surface area contributed by atoms with E-state index in [9.17, 15) is 0 Å². The Kier molecular flexibility index (Phi) is 5.19. The molecule has 15 heavy (non-hydrogen) atoms. The van der Waals surface area contributed by atoms with Gasteiger partial charge in [0.1, 0.15) is 12.4 Å². The van der Waals surface area contributed by atoms with E-state index in [0.717, 1.165) is 12.4 Å². The molecule has 0 aliphatic heterocycles. The number of ether oxygens (including phenoxy) is 1. The van der Waals surface area contributed by atoms with Gasteiger partial charge in [-0.1, -0.05) is 38.5 Å². The summed E-state index contributed by atoms with van der Waals surface area (Å²) in [4.78, 5) is 0. The standard InChI is InChI=1S/C13H21NO/c1-4-11(2)13(14-3)10-15-12-8-6-5-7-9-12/h5-9,11,13-14H,4,10H2,1-3H3. The van der Waals surface area contributed by atoms with Gasteiger partial charge in [-0.2, -0.15) is 0 Å². The molecule has 1 rings (SSSR count). The fraction of sp³-hybridized carbons (Fsp3) is 0.538. The van der Waals surface area contributed by atoms with Gasteiger partial charge in [0.25, 0.3) is 0 Å². The number of hydrogen-bond acceptors (Lipinski definition) is 2. The molecule has 2 nitrogen and oxygen atoms in total. The number of hydrogen-bond donors (Lipinski definition) is 1. The molecule has 0 aliphatic rings. The molecule has 0 aromatic heterocycles. The van der Waals surface area contributed by atoms with Gasteiger partial charge in [-0.3, -0.25) is 0 Å². The Morgan fingerprint density at radius 3 is 2.47 bits per heavy atom. The van der Waals surface area contributed by atoms with Crippen molar-refractivity contribution in [2.45, 2.75) is 26.3 Å². The van der Waals surface area contributed by atoms with Crippen LogP contribution in [-0.2, 0) is 0 Å². The van der Waals surface area contributed by atoms with Crippen LogP contribution in [0.3, 0.4) is 0 Å². The maximum atomic E-state index is 5.72. The van der Waals surface area contributed by atoms with Crippen molar-refractivity contribution in [2.24, 2.45) is 5.92 Å². The highest BCUT2D eigenvalue weighted by molar-refractivity contribution is 5.20. The van der Waals surface area contributed by atoms with Crippen LogP contribution < -0.4 is 10.1 Å². The molecule has 0 spiro atoms. The van der Waals surface area contributed by atoms with Crippen LogP contribution >= 0.6 is 0 Å². The zero-order valence-electron chi connectivity index (χ0n) is 9.86. The molecule has 1 aromatic rings. The molecule has 0 bridgehead atoms. The van der Waals surface area contributed by atoms with Crippen molar-refractivity contribution in [3.63, 3.8) is 0 Å². The average molecular weight is 207 g/mol. The Labute approximate surface area is 92.6 Å². The topological polar surface area (TPSA) is 21.3 Å². The van der Waals surface area contributed by atoms with Crippen molar-refractivity contribution in [3.05, 3.63) is 30.3 Å². The van der Waals surface area contributed by atoms with E-state index < -0.39 is 0 Å². The fourth-order valence-electron chi connectivity index (χ4n) is 1.52. The Balaban J connectivity index is 2.41. The summed E-state index contributed by atoms with van der Waals surface area (Å²) in [5.74, 6) is 1.58. The first-order valence-corrected chi connectivity index (χ1v) is 5.63. The average Bonchev–Trinajstić information content (AvgIpc) is 2.31. The second kappa shape index (κ2) is 6.46. The summed E-state index contributed by atoms with van der Waals surface area (Å²) in [5, 5.41) is 3.30. The molecule has 0 amide bonds. The van der Waals surface area contributed by atoms with Crippen LogP contribution in [0.25, 0.3) is 0 Å². The quantitative estimate of drug-likeness (QED) is 0.774. The molecule has 0 fully saturated rings. The molecule has 0 saturated carbocycles. The summed E-state index contributed by atoms with van der Waals surface area (Å²) in [6.07, 6.45) is 1.17. The van der Waals surface area contributed by atoms with Gasteiger partial charge < -0.3 is 10.1 Å². The number of para-hydroxylation sites is 1. The van der Waals surface area contributed by atoms with Crippen molar-refractivity contribution < 1.29 is 4.74 Å². The molecule has 2 unspecified atom stereocenters. The van der Waals surface area contributed by atoms with Gasteiger partial charge in [0.2, 0.25) is 0 Å². The van der Waals surface area contributed by atoms with Crippen LogP contribution in [0.4, 0.5) is 0 Å². The van der Waals surface area contributed by atoms with Crippen LogP contribution in [0.2, 0.25) is 0 Å². The first-order chi connectivity index (χ1) is 7.27. The van der Waals surface area contributed by atoms with Gasteiger partial charge in [-0.15, -0.1) is 0 Å². The van der Waals surface area contributed by atoms with E-state index in [4.69, 9.17) is 4.74 Å². The van der Waals surface area contributed by atoms with Crippen molar-refractivity contribution >= 4 is 0 Å². The largest absolute Gasteiger partial charge is 0.492 e. The third-order valence-corrected chi connectivity index (χ3v) is 2.87. The Bertz CT molecular complexity index is 260. The van der Waals surface area contributed by atoms with Gasteiger partial charge in [0.15, 0.2) is 0 Å². The minimum Gasteiger partial charge on any atom is -0.492 e. The third-order valence-electron chi connectivity index (χ3n) is 2.87. The molecule has 0 aliphatic carbocycles. The molecule has 0 radical (unpaired) electrons. The van der Waals surface area contributed by atoms with Crippen LogP contribution in [-0.4, -0.2) is 19.7 Å². The lowest BCUT2D eigenvalue weighted by Crippen LogP contribution is -2.37. The second-order valence-corrected chi connectivity index (χ2v) is 3.90. The molecule has 84 valence electrons. The number of rotatable bonds is 6. The van der Waals surface area contributed by atoms with Crippen molar-refractivity contribution in [1.29, 1.82) is 0 Å². The predicted octanol–water partition coefficient (Wildman–Crippen LogP) is 2.70. The van der Waals surface area contributed by atoms with Gasteiger partial charge in [-0.05, 0) is 25.1 Å². The van der Waals surface area contributed by atoms with Gasteiger partial charge >= 0.3 is 0 Å². The highest BCUT2D eigenvalue weighted by Crippen LogP contribution is 2.12. The molecular formula is C13H21NO. The number of benzene rings is 1. The summed E-state index contributed by atoms with van der Waals surface area (Å²) in [5.41, 5.74) is 0. The fourth-order valence-corrected chi connectivity index (χ4v) is 1.52. The summed E-state index contributed by atoms with van der Waals surface area (Å²) >= 11 is 0. The predicted molar refractivity (Wildman–Crippen MR) is 64.2 cm³/mol. The summed E-state index contributed by atoms with van der Waals surface area (Å²) in [6.45, 7) is 5.18. The highest BCUT2D eigenvalue weighted by atomic mass is 16.5. The van der Waals surface area contributed by atoms with E-state index in [1.54, 1.807) is 0 Å². The van der Waals surface area contributed by atoms with Gasteiger partial charge in [0, 0.05) is 6.04 Å². The van der Waals surface area contributed by atoms with Gasteiger partial charge in [0.05, 0.1) is 0 Å². The Morgan fingerprint density at radius 1 is 1.27 bits per heavy atom. The summed E-state index contributed by atoms with van der Waals surface area (Å²) < 4.78 is 5.72. The van der Waals surface area contributed by atoms with Crippen molar-refractivity contribution in [3.8, 4) is 5.75 Å². The maximum Gasteiger partial charge on any atom is 0.119 e. The van der Waals surface area contributed by atoms with E-state index in [2.05, 4.69) is 19.2 Å². The van der Waals surface area contributed by atoms with Crippen LogP contribution in [0.1, 0.15) is 20.3 Å². The van der Waals surface area contributed by atoms with Crippen molar-refractivity contribution in [1.82, 2.24) is 5.32 Å². The van der Waals surface area contributed by atoms with E-state index in [1.807, 2.05) is 37.4 Å². The Hall–Kier alpha value is -1.02. The zero-order valence-corrected chi connectivity index (χ0v) is 9.86. The molecule has 2 atom stereocenters. The Morgan fingerprint density at radius 2 is 1.93 bits per heavy atom. The van der Waals surface area contributed by atoms with E-state index in [0.29, 0.717) is 12.0 Å². The normalized spacial score (nSPS) is 14.6. The molecule has 1 aromatic carbocycles. The minimum atomic E-state index is 0.426. The number of likely N-dealkylation sites (N-methyl/N-ethyl adjacent to an activating group) is 1. The molecule has 0 heterocycles. The first-order valence-electron chi connectivity index (χ1n) is 5.63. The molecular weight excluding hydrogens is 186 g/mol. The molecule has 2 heteroatoms. The van der Waals surface area contributed by atoms with E-state index in [-0.39, 0.29) is 0 Å². The van der Waals surface area contributed by atoms with Gasteiger partial charge in [-0.25, -0.2) is 0 Å². The lowest BCUT2D eigenvalue weighted by Gasteiger charge is -2.22. The molecule has 0 saturated heterocycles. The van der Waals surface area contributed by atoms with Crippen LogP contribution in [0.15, 0.2) is 30.3 Å². The van der Waals surface area contributed by atoms with Crippen LogP contribution in [0, 0.1) is 5.92 Å². The summed E-state index contributed by atoms with van der Waals surface area (Å²) in [7, 11) is 1.99. The lowest BCUT2D eigenvalue weighted by molar-refractivity contribution is 0.228. The van der Waals surface area contributed by atoms with Crippen molar-refractivity contribution in [2.75, 3.05) is 13.7 Å². The monoisotopic (exact) mass is 207 g/mol. The summed E-state index contributed by atoms with van der Waals surface area (Å²) in [6, 6.07) is 10.4. The van der Waals surface area contributed by atoms with E-state index >= 15 is 0 Å². The maximum absolute atomic E-state index is 5.72. The minimum absolute atomic E-state index is 0.426. The van der Waals surface area contributed by atoms with Crippen LogP contribution in [0.5, 0.6) is 5.75 Å².